The first-order valence-corrected chi connectivity index (χ1v) is 17.5. The van der Waals surface area contributed by atoms with Gasteiger partial charge in [0.2, 0.25) is 0 Å². The third-order valence-electron chi connectivity index (χ3n) is 10.2. The summed E-state index contributed by atoms with van der Waals surface area (Å²) in [6.07, 6.45) is 0. The molecule has 0 radical (unpaired) electrons. The number of benzene rings is 8. The van der Waals surface area contributed by atoms with E-state index in [4.69, 9.17) is 19.4 Å². The molecule has 0 amide bonds. The average molecular weight is 665 g/mol. The van der Waals surface area contributed by atoms with Crippen molar-refractivity contribution in [3.8, 4) is 39.9 Å². The van der Waals surface area contributed by atoms with Gasteiger partial charge in [-0.1, -0.05) is 133 Å². The molecule has 0 saturated carbocycles. The summed E-state index contributed by atoms with van der Waals surface area (Å²) >= 11 is 0. The first-order valence-electron chi connectivity index (χ1n) is 17.5. The zero-order valence-corrected chi connectivity index (χ0v) is 27.9. The third kappa shape index (κ3) is 4.33. The van der Waals surface area contributed by atoms with Crippen LogP contribution in [0, 0.1) is 0 Å². The van der Waals surface area contributed by atoms with Crippen molar-refractivity contribution in [2.24, 2.45) is 0 Å². The van der Waals surface area contributed by atoms with E-state index in [1.807, 2.05) is 42.5 Å². The molecular formula is C47H28N4O. The monoisotopic (exact) mass is 664 g/mol. The molecule has 0 N–H and O–H groups in total. The van der Waals surface area contributed by atoms with Crippen LogP contribution in [0.4, 0.5) is 0 Å². The largest absolute Gasteiger partial charge is 0.455 e. The van der Waals surface area contributed by atoms with E-state index in [2.05, 4.69) is 132 Å². The molecular weight excluding hydrogens is 637 g/mol. The molecule has 0 fully saturated rings. The van der Waals surface area contributed by atoms with Gasteiger partial charge in [0.05, 0.1) is 11.0 Å². The predicted octanol–water partition coefficient (Wildman–Crippen LogP) is 12.2. The number of fused-ring (bicyclic) bond motifs is 11. The van der Waals surface area contributed by atoms with Crippen LogP contribution in [0.1, 0.15) is 0 Å². The van der Waals surface area contributed by atoms with Crippen molar-refractivity contribution in [2.45, 2.75) is 0 Å². The maximum Gasteiger partial charge on any atom is 0.164 e. The molecule has 0 unspecified atom stereocenters. The standard InChI is InChI=1S/C47H28N4O/c1-2-13-29(14-3-1)45-48-46(30-15-12-16-32(27-30)51-40-22-9-6-18-35(40)36-19-7-10-23-41(36)51)50-47(49-45)31-25-26-34-33-17-4-5-20-37(33)44-43(39(34)28-31)38-21-8-11-24-42(38)52-44/h1-28H. The molecule has 52 heavy (non-hydrogen) atoms. The Kier molecular flexibility index (Phi) is 6.18. The minimum atomic E-state index is 0.613. The summed E-state index contributed by atoms with van der Waals surface area (Å²) in [7, 11) is 0. The fourth-order valence-electron chi connectivity index (χ4n) is 7.88. The Morgan fingerprint density at radius 1 is 0.365 bits per heavy atom. The lowest BCUT2D eigenvalue weighted by Crippen LogP contribution is -2.01. The van der Waals surface area contributed by atoms with Crippen LogP contribution < -0.4 is 0 Å². The van der Waals surface area contributed by atoms with Crippen molar-refractivity contribution in [1.29, 1.82) is 0 Å². The molecule has 0 aliphatic rings. The molecule has 0 aliphatic heterocycles. The summed E-state index contributed by atoms with van der Waals surface area (Å²) in [5.41, 5.74) is 7.88. The fraction of sp³-hybridized carbons (Fsp3) is 0. The summed E-state index contributed by atoms with van der Waals surface area (Å²) < 4.78 is 8.85. The Bertz CT molecular complexity index is 3140. The number of hydrogen-bond donors (Lipinski definition) is 0. The van der Waals surface area contributed by atoms with E-state index in [-0.39, 0.29) is 0 Å². The molecule has 11 rings (SSSR count). The summed E-state index contributed by atoms with van der Waals surface area (Å²) in [5.74, 6) is 1.85. The highest BCUT2D eigenvalue weighted by molar-refractivity contribution is 6.30. The molecule has 0 bridgehead atoms. The van der Waals surface area contributed by atoms with Crippen LogP contribution in [0.15, 0.2) is 174 Å². The third-order valence-corrected chi connectivity index (χ3v) is 10.2. The van der Waals surface area contributed by atoms with Crippen molar-refractivity contribution in [3.63, 3.8) is 0 Å². The summed E-state index contributed by atoms with van der Waals surface area (Å²) in [6.45, 7) is 0. The molecule has 0 atom stereocenters. The fourth-order valence-corrected chi connectivity index (χ4v) is 7.88. The lowest BCUT2D eigenvalue weighted by atomic mass is 9.95. The zero-order valence-electron chi connectivity index (χ0n) is 27.9. The second kappa shape index (κ2) is 11.2. The van der Waals surface area contributed by atoms with E-state index in [9.17, 15) is 0 Å². The van der Waals surface area contributed by atoms with Crippen LogP contribution in [0.2, 0.25) is 0 Å². The summed E-state index contributed by atoms with van der Waals surface area (Å²) in [4.78, 5) is 15.4. The maximum atomic E-state index is 6.53. The normalized spacial score (nSPS) is 11.8. The van der Waals surface area contributed by atoms with E-state index in [0.717, 1.165) is 76.9 Å². The molecule has 0 spiro atoms. The zero-order chi connectivity index (χ0) is 34.2. The van der Waals surface area contributed by atoms with Gasteiger partial charge in [-0.2, -0.15) is 0 Å². The predicted molar refractivity (Wildman–Crippen MR) is 213 cm³/mol. The molecule has 5 nitrogen and oxygen atoms in total. The molecule has 3 heterocycles. The summed E-state index contributed by atoms with van der Waals surface area (Å²) in [5, 5.41) is 9.16. The summed E-state index contributed by atoms with van der Waals surface area (Å²) in [6, 6.07) is 59.1. The lowest BCUT2D eigenvalue weighted by Gasteiger charge is -2.12. The number of para-hydroxylation sites is 3. The maximum absolute atomic E-state index is 6.53. The highest BCUT2D eigenvalue weighted by Gasteiger charge is 2.19. The van der Waals surface area contributed by atoms with Gasteiger partial charge in [0, 0.05) is 49.3 Å². The Morgan fingerprint density at radius 2 is 0.904 bits per heavy atom. The second-order valence-electron chi connectivity index (χ2n) is 13.2. The minimum Gasteiger partial charge on any atom is -0.455 e. The van der Waals surface area contributed by atoms with Crippen LogP contribution in [0.25, 0.3) is 105 Å². The SMILES string of the molecule is c1ccc(-c2nc(-c3cccc(-n4c5ccccc5c5ccccc54)c3)nc(-c3ccc4c5ccccc5c5oc6ccccc6c5c4c3)n2)cc1. The van der Waals surface area contributed by atoms with E-state index >= 15 is 0 Å². The highest BCUT2D eigenvalue weighted by Crippen LogP contribution is 2.42. The molecule has 0 saturated heterocycles. The van der Waals surface area contributed by atoms with Gasteiger partial charge in [-0.3, -0.25) is 0 Å². The Morgan fingerprint density at radius 3 is 1.63 bits per heavy atom. The Balaban J connectivity index is 1.15. The van der Waals surface area contributed by atoms with Crippen molar-refractivity contribution in [3.05, 3.63) is 170 Å². The van der Waals surface area contributed by atoms with Crippen molar-refractivity contribution in [2.75, 3.05) is 0 Å². The molecule has 0 aliphatic carbocycles. The van der Waals surface area contributed by atoms with E-state index in [1.54, 1.807) is 0 Å². The number of hydrogen-bond acceptors (Lipinski definition) is 4. The van der Waals surface area contributed by atoms with Crippen LogP contribution in [0.5, 0.6) is 0 Å². The topological polar surface area (TPSA) is 56.7 Å². The Labute approximate surface area is 298 Å². The molecule has 3 aromatic heterocycles. The van der Waals surface area contributed by atoms with Crippen LogP contribution in [-0.4, -0.2) is 19.5 Å². The first kappa shape index (κ1) is 28.7. The van der Waals surface area contributed by atoms with Gasteiger partial charge in [0.1, 0.15) is 11.2 Å². The van der Waals surface area contributed by atoms with Gasteiger partial charge < -0.3 is 8.98 Å². The van der Waals surface area contributed by atoms with Gasteiger partial charge >= 0.3 is 0 Å². The second-order valence-corrected chi connectivity index (χ2v) is 13.2. The van der Waals surface area contributed by atoms with Gasteiger partial charge in [-0.15, -0.1) is 0 Å². The number of furan rings is 1. The lowest BCUT2D eigenvalue weighted by molar-refractivity contribution is 0.673. The van der Waals surface area contributed by atoms with Gasteiger partial charge in [-0.25, -0.2) is 15.0 Å². The van der Waals surface area contributed by atoms with E-state index in [1.165, 1.54) is 10.8 Å². The van der Waals surface area contributed by atoms with E-state index in [0.29, 0.717) is 17.5 Å². The molecule has 242 valence electrons. The van der Waals surface area contributed by atoms with Gasteiger partial charge in [0.15, 0.2) is 17.5 Å². The number of aromatic nitrogens is 4. The van der Waals surface area contributed by atoms with Crippen LogP contribution in [-0.2, 0) is 0 Å². The van der Waals surface area contributed by atoms with Gasteiger partial charge in [-0.05, 0) is 52.6 Å². The van der Waals surface area contributed by atoms with Crippen molar-refractivity contribution >= 4 is 65.3 Å². The van der Waals surface area contributed by atoms with Gasteiger partial charge in [0.25, 0.3) is 0 Å². The Hall–Kier alpha value is -7.11. The van der Waals surface area contributed by atoms with Crippen molar-refractivity contribution in [1.82, 2.24) is 19.5 Å². The molecule has 11 aromatic rings. The molecule has 5 heteroatoms. The highest BCUT2D eigenvalue weighted by atomic mass is 16.3. The van der Waals surface area contributed by atoms with Crippen molar-refractivity contribution < 1.29 is 4.42 Å². The minimum absolute atomic E-state index is 0.613. The van der Waals surface area contributed by atoms with Crippen LogP contribution >= 0.6 is 0 Å². The first-order chi connectivity index (χ1) is 25.8. The quantitative estimate of drug-likeness (QED) is 0.176. The molecule has 8 aromatic carbocycles. The van der Waals surface area contributed by atoms with Crippen LogP contribution in [0.3, 0.4) is 0 Å². The average Bonchev–Trinajstić information content (AvgIpc) is 3.78. The smallest absolute Gasteiger partial charge is 0.164 e. The number of nitrogens with zero attached hydrogens (tertiary/aromatic N) is 4. The number of rotatable bonds is 4. The van der Waals surface area contributed by atoms with E-state index < -0.39 is 0 Å².